The SMILES string of the molecule is Cc1c(CN2CCNCC2)cc(N)cc1[B-](F)(F)F. The van der Waals surface area contributed by atoms with E-state index in [1.807, 2.05) is 0 Å². The van der Waals surface area contributed by atoms with Crippen molar-refractivity contribution >= 4 is 18.1 Å². The summed E-state index contributed by atoms with van der Waals surface area (Å²) in [6.45, 7) is 0.486. The van der Waals surface area contributed by atoms with Gasteiger partial charge in [0, 0.05) is 38.4 Å². The molecule has 3 nitrogen and oxygen atoms in total. The summed E-state index contributed by atoms with van der Waals surface area (Å²) in [6.07, 6.45) is 0. The van der Waals surface area contributed by atoms with E-state index in [4.69, 9.17) is 5.73 Å². The highest BCUT2D eigenvalue weighted by Gasteiger charge is 2.28. The van der Waals surface area contributed by atoms with E-state index in [1.54, 1.807) is 6.07 Å². The number of nitrogen functional groups attached to an aromatic ring is 1. The lowest BCUT2D eigenvalue weighted by Gasteiger charge is -2.29. The van der Waals surface area contributed by atoms with Crippen LogP contribution in [-0.4, -0.2) is 38.1 Å². The molecule has 0 atom stereocenters. The fraction of sp³-hybridized carbons (Fsp3) is 0.500. The summed E-state index contributed by atoms with van der Waals surface area (Å²) in [5.41, 5.74) is 6.21. The second kappa shape index (κ2) is 5.42. The van der Waals surface area contributed by atoms with Crippen molar-refractivity contribution in [3.63, 3.8) is 0 Å². The largest absolute Gasteiger partial charge is 0.509 e. The number of rotatable bonds is 3. The highest BCUT2D eigenvalue weighted by atomic mass is 19.4. The number of hydrogen-bond acceptors (Lipinski definition) is 3. The van der Waals surface area contributed by atoms with Gasteiger partial charge < -0.3 is 24.0 Å². The molecule has 0 amide bonds. The first-order valence-electron chi connectivity index (χ1n) is 6.40. The highest BCUT2D eigenvalue weighted by molar-refractivity contribution is 6.74. The van der Waals surface area contributed by atoms with Gasteiger partial charge in [-0.15, -0.1) is 5.46 Å². The predicted molar refractivity (Wildman–Crippen MR) is 72.5 cm³/mol. The Labute approximate surface area is 111 Å². The zero-order valence-corrected chi connectivity index (χ0v) is 10.9. The van der Waals surface area contributed by atoms with Crippen molar-refractivity contribution in [1.29, 1.82) is 0 Å². The number of piperazine rings is 1. The summed E-state index contributed by atoms with van der Waals surface area (Å²) in [5.74, 6) is 0. The van der Waals surface area contributed by atoms with Gasteiger partial charge in [-0.25, -0.2) is 0 Å². The van der Waals surface area contributed by atoms with Crippen LogP contribution in [0.15, 0.2) is 12.1 Å². The van der Waals surface area contributed by atoms with E-state index in [1.165, 1.54) is 6.92 Å². The van der Waals surface area contributed by atoms with Crippen LogP contribution in [0, 0.1) is 6.92 Å². The van der Waals surface area contributed by atoms with Crippen molar-refractivity contribution in [2.45, 2.75) is 13.5 Å². The Bertz CT molecular complexity index is 456. The number of anilines is 1. The Balaban J connectivity index is 2.27. The Morgan fingerprint density at radius 1 is 1.26 bits per heavy atom. The third-order valence-electron chi connectivity index (χ3n) is 3.53. The van der Waals surface area contributed by atoms with Gasteiger partial charge in [0.1, 0.15) is 0 Å². The van der Waals surface area contributed by atoms with Gasteiger partial charge in [0.2, 0.25) is 0 Å². The third-order valence-corrected chi connectivity index (χ3v) is 3.53. The minimum atomic E-state index is -5.01. The van der Waals surface area contributed by atoms with Crippen LogP contribution in [0.3, 0.4) is 0 Å². The van der Waals surface area contributed by atoms with Crippen LogP contribution < -0.4 is 16.5 Å². The van der Waals surface area contributed by atoms with Crippen molar-refractivity contribution in [3.05, 3.63) is 23.3 Å². The van der Waals surface area contributed by atoms with E-state index in [2.05, 4.69) is 10.2 Å². The molecule has 0 aromatic heterocycles. The molecule has 1 aliphatic rings. The molecule has 1 fully saturated rings. The van der Waals surface area contributed by atoms with E-state index in [9.17, 15) is 12.9 Å². The molecule has 1 saturated heterocycles. The van der Waals surface area contributed by atoms with Crippen LogP contribution in [0.4, 0.5) is 18.6 Å². The van der Waals surface area contributed by atoms with Crippen LogP contribution in [0.5, 0.6) is 0 Å². The molecular weight excluding hydrogens is 254 g/mol. The molecule has 0 spiro atoms. The Morgan fingerprint density at radius 2 is 1.89 bits per heavy atom. The Morgan fingerprint density at radius 3 is 2.47 bits per heavy atom. The normalized spacial score (nSPS) is 17.7. The van der Waals surface area contributed by atoms with Crippen molar-refractivity contribution in [3.8, 4) is 0 Å². The van der Waals surface area contributed by atoms with Crippen LogP contribution >= 0.6 is 0 Å². The Kier molecular flexibility index (Phi) is 4.06. The highest BCUT2D eigenvalue weighted by Crippen LogP contribution is 2.19. The molecular formula is C12H18BF3N3-. The molecule has 0 aliphatic carbocycles. The summed E-state index contributed by atoms with van der Waals surface area (Å²) in [6, 6.07) is 2.69. The molecule has 2 rings (SSSR count). The number of benzene rings is 1. The number of hydrogen-bond donors (Lipinski definition) is 2. The molecule has 3 N–H and O–H groups in total. The minimum Gasteiger partial charge on any atom is -0.445 e. The average molecular weight is 272 g/mol. The molecule has 1 aliphatic heterocycles. The van der Waals surface area contributed by atoms with Gasteiger partial charge in [0.05, 0.1) is 0 Å². The quantitative estimate of drug-likeness (QED) is 0.638. The van der Waals surface area contributed by atoms with Crippen molar-refractivity contribution in [2.24, 2.45) is 0 Å². The average Bonchev–Trinajstić information content (AvgIpc) is 2.33. The fourth-order valence-electron chi connectivity index (χ4n) is 2.44. The lowest BCUT2D eigenvalue weighted by Crippen LogP contribution is -2.43. The number of nitrogens with one attached hydrogen (secondary N) is 1. The maximum absolute atomic E-state index is 13.0. The van der Waals surface area contributed by atoms with Crippen LogP contribution in [0.25, 0.3) is 0 Å². The van der Waals surface area contributed by atoms with Gasteiger partial charge in [0.15, 0.2) is 0 Å². The van der Waals surface area contributed by atoms with Gasteiger partial charge in [-0.05, 0) is 18.6 Å². The van der Waals surface area contributed by atoms with Crippen molar-refractivity contribution < 1.29 is 12.9 Å². The van der Waals surface area contributed by atoms with E-state index in [0.29, 0.717) is 17.7 Å². The summed E-state index contributed by atoms with van der Waals surface area (Å²) in [7, 11) is 0. The lowest BCUT2D eigenvalue weighted by atomic mass is 9.75. The first-order valence-corrected chi connectivity index (χ1v) is 6.40. The van der Waals surface area contributed by atoms with E-state index >= 15 is 0 Å². The first kappa shape index (κ1) is 14.2. The zero-order valence-electron chi connectivity index (χ0n) is 10.9. The summed E-state index contributed by atoms with van der Waals surface area (Å²) < 4.78 is 38.9. The minimum absolute atomic E-state index is 0.185. The Hall–Kier alpha value is -1.21. The smallest absolute Gasteiger partial charge is 0.445 e. The molecule has 0 unspecified atom stereocenters. The van der Waals surface area contributed by atoms with Crippen LogP contribution in [-0.2, 0) is 6.54 Å². The summed E-state index contributed by atoms with van der Waals surface area (Å²) >= 11 is 0. The molecule has 0 saturated carbocycles. The van der Waals surface area contributed by atoms with Crippen LogP contribution in [0.2, 0.25) is 0 Å². The molecule has 19 heavy (non-hydrogen) atoms. The van der Waals surface area contributed by atoms with Gasteiger partial charge in [-0.3, -0.25) is 4.90 Å². The molecule has 1 aromatic carbocycles. The molecule has 0 bridgehead atoms. The van der Waals surface area contributed by atoms with Gasteiger partial charge in [-0.2, -0.15) is 0 Å². The molecule has 1 aromatic rings. The number of halogens is 3. The van der Waals surface area contributed by atoms with Gasteiger partial charge in [0.25, 0.3) is 0 Å². The maximum atomic E-state index is 13.0. The second-order valence-corrected chi connectivity index (χ2v) is 5.00. The third kappa shape index (κ3) is 3.42. The number of nitrogens with two attached hydrogens (primary N) is 1. The summed E-state index contributed by atoms with van der Waals surface area (Å²) in [4.78, 5) is 2.14. The van der Waals surface area contributed by atoms with E-state index < -0.39 is 12.4 Å². The maximum Gasteiger partial charge on any atom is 0.509 e. The fourth-order valence-corrected chi connectivity index (χ4v) is 2.44. The lowest BCUT2D eigenvalue weighted by molar-refractivity contribution is 0.233. The monoisotopic (exact) mass is 272 g/mol. The molecule has 1 heterocycles. The van der Waals surface area contributed by atoms with E-state index in [0.717, 1.165) is 32.2 Å². The van der Waals surface area contributed by atoms with Gasteiger partial charge >= 0.3 is 6.98 Å². The van der Waals surface area contributed by atoms with Crippen molar-refractivity contribution in [1.82, 2.24) is 10.2 Å². The van der Waals surface area contributed by atoms with Gasteiger partial charge in [-0.1, -0.05) is 11.6 Å². The topological polar surface area (TPSA) is 41.3 Å². The van der Waals surface area contributed by atoms with E-state index in [-0.39, 0.29) is 5.69 Å². The standard InChI is InChI=1S/C12H18BF3N3/c1-9-10(8-19-4-2-18-3-5-19)6-11(17)7-12(9)13(14,15)16/h6-7,18H,2-5,8,17H2,1H3/q-1. The predicted octanol–water partition coefficient (Wildman–Crippen LogP) is 1.04. The number of nitrogens with zero attached hydrogens (tertiary/aromatic N) is 1. The van der Waals surface area contributed by atoms with Crippen molar-refractivity contribution in [2.75, 3.05) is 31.9 Å². The molecule has 106 valence electrons. The van der Waals surface area contributed by atoms with Crippen LogP contribution in [0.1, 0.15) is 11.1 Å². The first-order chi connectivity index (χ1) is 8.88. The summed E-state index contributed by atoms with van der Waals surface area (Å²) in [5, 5.41) is 3.22. The molecule has 0 radical (unpaired) electrons. The second-order valence-electron chi connectivity index (χ2n) is 5.00. The zero-order chi connectivity index (χ0) is 14.0. The molecule has 7 heteroatoms.